The lowest BCUT2D eigenvalue weighted by atomic mass is 10.0. The van der Waals surface area contributed by atoms with Crippen LogP contribution in [0.25, 0.3) is 11.1 Å². The molecule has 0 aliphatic carbocycles. The van der Waals surface area contributed by atoms with E-state index < -0.39 is 24.3 Å². The van der Waals surface area contributed by atoms with Crippen LogP contribution in [0.15, 0.2) is 33.9 Å². The fourth-order valence-corrected chi connectivity index (χ4v) is 2.36. The van der Waals surface area contributed by atoms with Crippen molar-refractivity contribution in [2.75, 3.05) is 12.4 Å². The van der Waals surface area contributed by atoms with Gasteiger partial charge in [-0.1, -0.05) is 23.9 Å². The van der Waals surface area contributed by atoms with Crippen molar-refractivity contribution in [1.29, 1.82) is 10.7 Å². The van der Waals surface area contributed by atoms with Crippen LogP contribution >= 0.6 is 11.8 Å². The lowest BCUT2D eigenvalue weighted by molar-refractivity contribution is -0.145. The predicted octanol–water partition coefficient (Wildman–Crippen LogP) is 2.21. The molecule has 1 atom stereocenters. The largest absolute Gasteiger partial charge is 0.457 e. The Kier molecular flexibility index (Phi) is 5.49. The molecule has 0 bridgehead atoms. The zero-order valence-corrected chi connectivity index (χ0v) is 13.1. The van der Waals surface area contributed by atoms with Crippen LogP contribution < -0.4 is 0 Å². The molecule has 7 nitrogen and oxygen atoms in total. The van der Waals surface area contributed by atoms with Crippen molar-refractivity contribution in [3.63, 3.8) is 0 Å². The number of benzene rings is 1. The Bertz CT molecular complexity index is 760. The van der Waals surface area contributed by atoms with E-state index in [4.69, 9.17) is 19.8 Å². The van der Waals surface area contributed by atoms with E-state index >= 15 is 0 Å². The van der Waals surface area contributed by atoms with Gasteiger partial charge in [-0.3, -0.25) is 9.59 Å². The number of nitriles is 1. The molecule has 0 saturated heterocycles. The van der Waals surface area contributed by atoms with Crippen LogP contribution in [0.5, 0.6) is 0 Å². The second kappa shape index (κ2) is 7.56. The van der Waals surface area contributed by atoms with E-state index in [9.17, 15) is 9.59 Å². The third-order valence-corrected chi connectivity index (χ3v) is 3.65. The number of fused-ring (bicyclic) bond motifs is 1. The van der Waals surface area contributed by atoms with Crippen LogP contribution in [0.4, 0.5) is 0 Å². The molecule has 0 fully saturated rings. The summed E-state index contributed by atoms with van der Waals surface area (Å²) in [5.74, 6) is -2.47. The fourth-order valence-electron chi connectivity index (χ4n) is 1.72. The molecule has 118 valence electrons. The third-order valence-electron chi connectivity index (χ3n) is 2.85. The van der Waals surface area contributed by atoms with Gasteiger partial charge < -0.3 is 14.6 Å². The number of carbonyl (C=O) groups excluding carboxylic acids is 2. The molecule has 2 rings (SSSR count). The second-order valence-corrected chi connectivity index (χ2v) is 5.53. The topological polar surface area (TPSA) is 117 Å². The van der Waals surface area contributed by atoms with Gasteiger partial charge in [0.05, 0.1) is 6.07 Å². The van der Waals surface area contributed by atoms with Gasteiger partial charge in [0.15, 0.2) is 18.0 Å². The van der Waals surface area contributed by atoms with Crippen molar-refractivity contribution in [3.8, 4) is 6.07 Å². The summed E-state index contributed by atoms with van der Waals surface area (Å²) in [6, 6.07) is 8.91. The van der Waals surface area contributed by atoms with Gasteiger partial charge in [0, 0.05) is 5.71 Å². The van der Waals surface area contributed by atoms with Crippen molar-refractivity contribution >= 4 is 40.3 Å². The summed E-state index contributed by atoms with van der Waals surface area (Å²) in [6.45, 7) is 0.831. The quantitative estimate of drug-likeness (QED) is 0.469. The van der Waals surface area contributed by atoms with Crippen molar-refractivity contribution in [2.45, 2.75) is 12.1 Å². The summed E-state index contributed by atoms with van der Waals surface area (Å²) in [6.07, 6.45) is 0. The highest BCUT2D eigenvalue weighted by molar-refractivity contribution is 7.99. The van der Waals surface area contributed by atoms with Gasteiger partial charge in [-0.25, -0.2) is 4.98 Å². The maximum atomic E-state index is 11.6. The maximum Gasteiger partial charge on any atom is 0.316 e. The Morgan fingerprint density at radius 1 is 1.48 bits per heavy atom. The molecule has 0 spiro atoms. The SMILES string of the molecule is CC(=N)C(C#N)C(=O)COC(=O)CSc1nc2ccccc2o1. The highest BCUT2D eigenvalue weighted by atomic mass is 32.2. The second-order valence-electron chi connectivity index (χ2n) is 4.61. The van der Waals surface area contributed by atoms with Crippen molar-refractivity contribution < 1.29 is 18.7 Å². The van der Waals surface area contributed by atoms with Crippen LogP contribution in [0.1, 0.15) is 6.92 Å². The molecule has 0 radical (unpaired) electrons. The lowest BCUT2D eigenvalue weighted by Gasteiger charge is -2.06. The minimum atomic E-state index is -1.17. The summed E-state index contributed by atoms with van der Waals surface area (Å²) in [5.41, 5.74) is 1.24. The van der Waals surface area contributed by atoms with E-state index in [-0.39, 0.29) is 11.5 Å². The Balaban J connectivity index is 1.82. The smallest absolute Gasteiger partial charge is 0.316 e. The number of hydrogen-bond acceptors (Lipinski definition) is 8. The molecule has 1 unspecified atom stereocenters. The van der Waals surface area contributed by atoms with Gasteiger partial charge in [-0.05, 0) is 19.1 Å². The molecule has 1 aromatic heterocycles. The average Bonchev–Trinajstić information content (AvgIpc) is 2.94. The van der Waals surface area contributed by atoms with E-state index in [1.807, 2.05) is 12.1 Å². The molecule has 1 N–H and O–H groups in total. The molecule has 8 heteroatoms. The number of oxazole rings is 1. The normalized spacial score (nSPS) is 11.7. The number of thioether (sulfide) groups is 1. The molecule has 0 aliphatic rings. The number of Topliss-reactive ketones (excluding diaryl/α,β-unsaturated/α-hetero) is 1. The number of esters is 1. The molecule has 0 saturated carbocycles. The highest BCUT2D eigenvalue weighted by Crippen LogP contribution is 2.23. The van der Waals surface area contributed by atoms with E-state index in [0.29, 0.717) is 16.3 Å². The number of para-hydroxylation sites is 2. The van der Waals surface area contributed by atoms with Gasteiger partial charge in [0.2, 0.25) is 0 Å². The van der Waals surface area contributed by atoms with Gasteiger partial charge in [0.1, 0.15) is 17.2 Å². The van der Waals surface area contributed by atoms with Crippen LogP contribution in [0.2, 0.25) is 0 Å². The molecule has 1 heterocycles. The average molecular weight is 331 g/mol. The number of nitrogens with zero attached hydrogens (tertiary/aromatic N) is 2. The van der Waals surface area contributed by atoms with Gasteiger partial charge >= 0.3 is 5.97 Å². The van der Waals surface area contributed by atoms with Crippen molar-refractivity contribution in [2.24, 2.45) is 5.92 Å². The number of carbonyl (C=O) groups is 2. The number of nitrogens with one attached hydrogen (secondary N) is 1. The first-order chi connectivity index (χ1) is 11.0. The molecule has 0 aliphatic heterocycles. The lowest BCUT2D eigenvalue weighted by Crippen LogP contribution is -2.26. The van der Waals surface area contributed by atoms with E-state index in [1.165, 1.54) is 6.92 Å². The molecular weight excluding hydrogens is 318 g/mol. The predicted molar refractivity (Wildman–Crippen MR) is 83.2 cm³/mol. The first-order valence-corrected chi connectivity index (χ1v) is 7.61. The zero-order chi connectivity index (χ0) is 16.8. The van der Waals surface area contributed by atoms with E-state index in [1.54, 1.807) is 18.2 Å². The standard InChI is InChI=1S/C15H13N3O4S/c1-9(17)10(6-16)12(19)7-21-14(20)8-23-15-18-11-4-2-3-5-13(11)22-15/h2-5,10,17H,7-8H2,1H3. The fraction of sp³-hybridized carbons (Fsp3) is 0.267. The number of hydrogen-bond donors (Lipinski definition) is 1. The first kappa shape index (κ1) is 16.7. The third kappa shape index (κ3) is 4.40. The van der Waals surface area contributed by atoms with Crippen LogP contribution in [-0.2, 0) is 14.3 Å². The summed E-state index contributed by atoms with van der Waals surface area (Å²) in [5, 5.41) is 16.4. The van der Waals surface area contributed by atoms with Crippen LogP contribution in [0, 0.1) is 22.7 Å². The summed E-state index contributed by atoms with van der Waals surface area (Å²) in [4.78, 5) is 27.4. The summed E-state index contributed by atoms with van der Waals surface area (Å²) >= 11 is 1.06. The van der Waals surface area contributed by atoms with Crippen molar-refractivity contribution in [1.82, 2.24) is 4.98 Å². The maximum absolute atomic E-state index is 11.6. The highest BCUT2D eigenvalue weighted by Gasteiger charge is 2.21. The number of rotatable bonds is 7. The molecule has 0 amide bonds. The van der Waals surface area contributed by atoms with Crippen molar-refractivity contribution in [3.05, 3.63) is 24.3 Å². The minimum Gasteiger partial charge on any atom is -0.457 e. The number of ether oxygens (including phenoxy) is 1. The molecule has 1 aromatic carbocycles. The zero-order valence-electron chi connectivity index (χ0n) is 12.2. The Morgan fingerprint density at radius 3 is 2.87 bits per heavy atom. The first-order valence-electron chi connectivity index (χ1n) is 6.62. The molecular formula is C15H13N3O4S. The Labute approximate surface area is 136 Å². The van der Waals surface area contributed by atoms with Gasteiger partial charge in [-0.15, -0.1) is 0 Å². The molecule has 23 heavy (non-hydrogen) atoms. The van der Waals surface area contributed by atoms with E-state index in [2.05, 4.69) is 4.98 Å². The minimum absolute atomic E-state index is 0.0686. The Hall–Kier alpha value is -2.66. The number of aromatic nitrogens is 1. The monoisotopic (exact) mass is 331 g/mol. The van der Waals surface area contributed by atoms with E-state index in [0.717, 1.165) is 11.8 Å². The van der Waals surface area contributed by atoms with Gasteiger partial charge in [-0.2, -0.15) is 5.26 Å². The van der Waals surface area contributed by atoms with Gasteiger partial charge in [0.25, 0.3) is 5.22 Å². The molecule has 2 aromatic rings. The summed E-state index contributed by atoms with van der Waals surface area (Å²) < 4.78 is 10.2. The summed E-state index contributed by atoms with van der Waals surface area (Å²) in [7, 11) is 0. The number of ketones is 1. The Morgan fingerprint density at radius 2 is 2.22 bits per heavy atom. The van der Waals surface area contributed by atoms with Crippen LogP contribution in [-0.4, -0.2) is 34.8 Å². The van der Waals surface area contributed by atoms with Crippen LogP contribution in [0.3, 0.4) is 0 Å².